The molecule has 1 aliphatic heterocycles. The maximum Gasteiger partial charge on any atom is 0.154 e. The summed E-state index contributed by atoms with van der Waals surface area (Å²) in [7, 11) is 0. The van der Waals surface area contributed by atoms with Crippen molar-refractivity contribution in [1.82, 2.24) is 4.98 Å². The lowest BCUT2D eigenvalue weighted by Gasteiger charge is -2.30. The Morgan fingerprint density at radius 3 is 2.91 bits per heavy atom. The molecule has 23 heavy (non-hydrogen) atoms. The molecule has 2 heterocycles. The quantitative estimate of drug-likeness (QED) is 0.932. The van der Waals surface area contributed by atoms with Crippen LogP contribution >= 0.6 is 11.8 Å². The number of rotatable bonds is 3. The van der Waals surface area contributed by atoms with Gasteiger partial charge in [-0.15, -0.1) is 0 Å². The first kappa shape index (κ1) is 16.0. The average molecular weight is 329 g/mol. The lowest BCUT2D eigenvalue weighted by molar-refractivity contribution is 0.449. The van der Waals surface area contributed by atoms with Crippen LogP contribution in [0.3, 0.4) is 0 Å². The van der Waals surface area contributed by atoms with Crippen molar-refractivity contribution in [3.8, 4) is 0 Å². The van der Waals surface area contributed by atoms with E-state index in [0.29, 0.717) is 17.2 Å². The van der Waals surface area contributed by atoms with Gasteiger partial charge in [0.05, 0.1) is 5.54 Å². The number of hydrogen-bond acceptors (Lipinski definition) is 4. The maximum atomic E-state index is 14.4. The summed E-state index contributed by atoms with van der Waals surface area (Å²) in [5.74, 6) is 0.631. The molecule has 1 aromatic heterocycles. The first-order chi connectivity index (χ1) is 11.0. The van der Waals surface area contributed by atoms with Crippen LogP contribution in [0, 0.1) is 12.7 Å². The smallest absolute Gasteiger partial charge is 0.154 e. The van der Waals surface area contributed by atoms with Gasteiger partial charge in [-0.25, -0.2) is 4.39 Å². The van der Waals surface area contributed by atoms with Crippen LogP contribution in [0.1, 0.15) is 35.7 Å². The van der Waals surface area contributed by atoms with Crippen LogP contribution in [0.5, 0.6) is 0 Å². The lowest BCUT2D eigenvalue weighted by Crippen LogP contribution is -2.29. The van der Waals surface area contributed by atoms with Gasteiger partial charge in [0.25, 0.3) is 0 Å². The lowest BCUT2D eigenvalue weighted by atomic mass is 9.87. The molecule has 2 N–H and O–H groups in total. The van der Waals surface area contributed by atoms with Gasteiger partial charge in [-0.05, 0) is 43.5 Å². The van der Waals surface area contributed by atoms with Gasteiger partial charge in [-0.2, -0.15) is 0 Å². The highest BCUT2D eigenvalue weighted by Gasteiger charge is 2.32. The summed E-state index contributed by atoms with van der Waals surface area (Å²) in [5, 5.41) is 0.532. The SMILES string of the molecule is Cc1cccnc1Cc1ccc(F)c([C@]2(C)CCSC(N)=N2)c1. The third kappa shape index (κ3) is 3.39. The van der Waals surface area contributed by atoms with Gasteiger partial charge in [-0.3, -0.25) is 9.98 Å². The minimum atomic E-state index is -0.589. The van der Waals surface area contributed by atoms with Crippen molar-refractivity contribution in [3.05, 3.63) is 64.7 Å². The number of thioether (sulfide) groups is 1. The molecule has 0 fully saturated rings. The van der Waals surface area contributed by atoms with Gasteiger partial charge < -0.3 is 5.73 Å². The van der Waals surface area contributed by atoms with Crippen molar-refractivity contribution < 1.29 is 4.39 Å². The molecule has 3 rings (SSSR count). The number of aliphatic imine (C=N–C) groups is 1. The number of nitrogens with zero attached hydrogens (tertiary/aromatic N) is 2. The zero-order valence-corrected chi connectivity index (χ0v) is 14.2. The number of nitrogens with two attached hydrogens (primary N) is 1. The Bertz CT molecular complexity index is 760. The second-order valence-electron chi connectivity index (χ2n) is 6.08. The highest BCUT2D eigenvalue weighted by atomic mass is 32.2. The average Bonchev–Trinajstić information content (AvgIpc) is 2.51. The summed E-state index contributed by atoms with van der Waals surface area (Å²) < 4.78 is 14.4. The molecule has 3 nitrogen and oxygen atoms in total. The van der Waals surface area contributed by atoms with Crippen molar-refractivity contribution in [3.63, 3.8) is 0 Å². The first-order valence-electron chi connectivity index (χ1n) is 7.65. The van der Waals surface area contributed by atoms with E-state index in [-0.39, 0.29) is 5.82 Å². The molecular formula is C18H20FN3S. The van der Waals surface area contributed by atoms with Gasteiger partial charge >= 0.3 is 0 Å². The van der Waals surface area contributed by atoms with E-state index < -0.39 is 5.54 Å². The van der Waals surface area contributed by atoms with Crippen LogP contribution in [0.15, 0.2) is 41.5 Å². The predicted octanol–water partition coefficient (Wildman–Crippen LogP) is 3.79. The molecule has 1 atom stereocenters. The van der Waals surface area contributed by atoms with E-state index in [1.165, 1.54) is 17.8 Å². The maximum absolute atomic E-state index is 14.4. The van der Waals surface area contributed by atoms with Crippen LogP contribution in [-0.4, -0.2) is 15.9 Å². The van der Waals surface area contributed by atoms with Crippen molar-refractivity contribution in [2.75, 3.05) is 5.75 Å². The second kappa shape index (κ2) is 6.32. The normalized spacial score (nSPS) is 21.1. The van der Waals surface area contributed by atoms with Crippen molar-refractivity contribution in [2.24, 2.45) is 10.7 Å². The zero-order chi connectivity index (χ0) is 16.4. The van der Waals surface area contributed by atoms with Gasteiger partial charge in [0.2, 0.25) is 0 Å². The fraction of sp³-hybridized carbons (Fsp3) is 0.333. The van der Waals surface area contributed by atoms with Gasteiger partial charge in [0, 0.05) is 29.6 Å². The fourth-order valence-corrected chi connectivity index (χ4v) is 3.85. The Labute approximate surface area is 140 Å². The molecule has 0 radical (unpaired) electrons. The van der Waals surface area contributed by atoms with Crippen molar-refractivity contribution >= 4 is 16.9 Å². The molecule has 0 spiro atoms. The van der Waals surface area contributed by atoms with Crippen molar-refractivity contribution in [2.45, 2.75) is 32.2 Å². The number of amidine groups is 1. The highest BCUT2D eigenvalue weighted by molar-refractivity contribution is 8.13. The Morgan fingerprint density at radius 1 is 1.35 bits per heavy atom. The Hall–Kier alpha value is -1.88. The standard InChI is InChI=1S/C18H20FN3S/c1-12-4-3-8-21-16(12)11-13-5-6-15(19)14(10-13)18(2)7-9-23-17(20)22-18/h3-6,8,10H,7,9,11H2,1-2H3,(H2,20,22)/t18-/m0/s1. The highest BCUT2D eigenvalue weighted by Crippen LogP contribution is 2.37. The van der Waals surface area contributed by atoms with Gasteiger partial charge in [0.1, 0.15) is 5.82 Å². The van der Waals surface area contributed by atoms with E-state index in [2.05, 4.69) is 9.98 Å². The zero-order valence-electron chi connectivity index (χ0n) is 13.3. The number of pyridine rings is 1. The largest absolute Gasteiger partial charge is 0.379 e. The predicted molar refractivity (Wildman–Crippen MR) is 94.2 cm³/mol. The Balaban J connectivity index is 1.97. The van der Waals surface area contributed by atoms with E-state index >= 15 is 0 Å². The third-order valence-electron chi connectivity index (χ3n) is 4.30. The summed E-state index contributed by atoms with van der Waals surface area (Å²) in [6, 6.07) is 9.23. The minimum Gasteiger partial charge on any atom is -0.379 e. The molecule has 1 aromatic carbocycles. The summed E-state index contributed by atoms with van der Waals surface area (Å²) in [5.41, 5.74) is 9.08. The monoisotopic (exact) mass is 329 g/mol. The number of halogens is 1. The van der Waals surface area contributed by atoms with E-state index in [9.17, 15) is 4.39 Å². The van der Waals surface area contributed by atoms with E-state index in [1.807, 2.05) is 38.1 Å². The second-order valence-corrected chi connectivity index (χ2v) is 7.20. The summed E-state index contributed by atoms with van der Waals surface area (Å²) in [6.07, 6.45) is 3.25. The molecule has 2 aromatic rings. The van der Waals surface area contributed by atoms with E-state index in [4.69, 9.17) is 5.73 Å². The van der Waals surface area contributed by atoms with Gasteiger partial charge in [0.15, 0.2) is 5.17 Å². The molecule has 120 valence electrons. The molecule has 0 unspecified atom stereocenters. The molecule has 0 saturated carbocycles. The van der Waals surface area contributed by atoms with Crippen LogP contribution < -0.4 is 5.73 Å². The molecule has 1 aliphatic rings. The number of aryl methyl sites for hydroxylation is 1. The molecule has 0 bridgehead atoms. The van der Waals surface area contributed by atoms with E-state index in [0.717, 1.165) is 29.0 Å². The molecular weight excluding hydrogens is 309 g/mol. The van der Waals surface area contributed by atoms with Gasteiger partial charge in [-0.1, -0.05) is 30.0 Å². The van der Waals surface area contributed by atoms with Crippen molar-refractivity contribution in [1.29, 1.82) is 0 Å². The minimum absolute atomic E-state index is 0.225. The Kier molecular flexibility index (Phi) is 4.39. The molecule has 0 aliphatic carbocycles. The number of hydrogen-bond donors (Lipinski definition) is 1. The number of benzene rings is 1. The Morgan fingerprint density at radius 2 is 2.17 bits per heavy atom. The van der Waals surface area contributed by atoms with Crippen LogP contribution in [0.25, 0.3) is 0 Å². The number of aromatic nitrogens is 1. The molecule has 5 heteroatoms. The fourth-order valence-electron chi connectivity index (χ4n) is 2.87. The first-order valence-corrected chi connectivity index (χ1v) is 8.64. The summed E-state index contributed by atoms with van der Waals surface area (Å²) >= 11 is 1.52. The topological polar surface area (TPSA) is 51.3 Å². The summed E-state index contributed by atoms with van der Waals surface area (Å²) in [4.78, 5) is 8.94. The van der Waals surface area contributed by atoms with E-state index in [1.54, 1.807) is 6.20 Å². The molecule has 0 saturated heterocycles. The van der Waals surface area contributed by atoms with Crippen LogP contribution in [0.2, 0.25) is 0 Å². The summed E-state index contributed by atoms with van der Waals surface area (Å²) in [6.45, 7) is 3.99. The van der Waals surface area contributed by atoms with Crippen LogP contribution in [-0.2, 0) is 12.0 Å². The molecule has 0 amide bonds. The van der Waals surface area contributed by atoms with Crippen LogP contribution in [0.4, 0.5) is 4.39 Å². The third-order valence-corrected chi connectivity index (χ3v) is 5.09.